The molecule has 0 amide bonds. The molecular weight excluding hydrogens is 262 g/mol. The molecule has 1 saturated carbocycles. The van der Waals surface area contributed by atoms with Crippen molar-refractivity contribution in [2.24, 2.45) is 0 Å². The number of aromatic nitrogens is 3. The average Bonchev–Trinajstić information content (AvgIpc) is 2.73. The van der Waals surface area contributed by atoms with Crippen molar-refractivity contribution in [2.45, 2.75) is 44.7 Å². The lowest BCUT2D eigenvalue weighted by Gasteiger charge is -2.36. The molecule has 5 heteroatoms. The highest BCUT2D eigenvalue weighted by Gasteiger charge is 2.33. The molecule has 3 rings (SSSR count). The minimum absolute atomic E-state index is 0.375. The summed E-state index contributed by atoms with van der Waals surface area (Å²) in [7, 11) is 0. The number of halogens is 1. The zero-order chi connectivity index (χ0) is 13.4. The minimum Gasteiger partial charge on any atom is -0.378 e. The van der Waals surface area contributed by atoms with Crippen LogP contribution in [0.4, 0.5) is 0 Å². The number of imidazole rings is 1. The van der Waals surface area contributed by atoms with Crippen LogP contribution in [0.15, 0.2) is 12.3 Å². The second-order valence-corrected chi connectivity index (χ2v) is 5.30. The first-order valence-corrected chi connectivity index (χ1v) is 7.28. The summed E-state index contributed by atoms with van der Waals surface area (Å²) in [6.45, 7) is 4.87. The van der Waals surface area contributed by atoms with Gasteiger partial charge in [-0.05, 0) is 38.3 Å². The van der Waals surface area contributed by atoms with E-state index in [9.17, 15) is 0 Å². The van der Waals surface area contributed by atoms with Gasteiger partial charge in [-0.1, -0.05) is 0 Å². The molecule has 19 heavy (non-hydrogen) atoms. The monoisotopic (exact) mass is 279 g/mol. The van der Waals surface area contributed by atoms with Crippen LogP contribution in [-0.4, -0.2) is 27.2 Å². The van der Waals surface area contributed by atoms with E-state index in [1.807, 2.05) is 19.2 Å². The Kier molecular flexibility index (Phi) is 3.46. The van der Waals surface area contributed by atoms with Crippen molar-refractivity contribution in [1.82, 2.24) is 14.5 Å². The van der Waals surface area contributed by atoms with Gasteiger partial charge in [-0.25, -0.2) is 9.97 Å². The zero-order valence-electron chi connectivity index (χ0n) is 11.3. The van der Waals surface area contributed by atoms with Gasteiger partial charge in [-0.15, -0.1) is 11.6 Å². The van der Waals surface area contributed by atoms with Crippen molar-refractivity contribution >= 4 is 22.8 Å². The zero-order valence-corrected chi connectivity index (χ0v) is 12.0. The number of fused-ring (bicyclic) bond motifs is 1. The molecule has 0 aliphatic heterocycles. The topological polar surface area (TPSA) is 39.9 Å². The number of pyridine rings is 1. The second-order valence-electron chi connectivity index (χ2n) is 5.03. The minimum atomic E-state index is 0.375. The normalized spacial score (nSPS) is 22.7. The molecule has 1 aliphatic rings. The second kappa shape index (κ2) is 5.10. The molecule has 2 aromatic heterocycles. The van der Waals surface area contributed by atoms with Gasteiger partial charge in [0.1, 0.15) is 11.3 Å². The van der Waals surface area contributed by atoms with E-state index in [-0.39, 0.29) is 0 Å². The maximum atomic E-state index is 6.04. The average molecular weight is 280 g/mol. The molecule has 2 heterocycles. The number of nitrogens with zero attached hydrogens (tertiary/aromatic N) is 3. The molecule has 0 aromatic carbocycles. The molecule has 1 fully saturated rings. The van der Waals surface area contributed by atoms with Gasteiger partial charge in [0.25, 0.3) is 0 Å². The first-order chi connectivity index (χ1) is 9.24. The van der Waals surface area contributed by atoms with Crippen LogP contribution in [0, 0.1) is 6.92 Å². The number of rotatable bonds is 4. The Morgan fingerprint density at radius 3 is 2.95 bits per heavy atom. The number of hydrogen-bond acceptors (Lipinski definition) is 3. The molecule has 0 atom stereocenters. The first-order valence-electron chi connectivity index (χ1n) is 6.74. The molecule has 0 unspecified atom stereocenters. The SMILES string of the molecule is CCOC1CC(n2c(CCl)nc3c(C)ccnc32)C1. The third-order valence-electron chi connectivity index (χ3n) is 3.81. The van der Waals surface area contributed by atoms with Crippen molar-refractivity contribution < 1.29 is 4.74 Å². The van der Waals surface area contributed by atoms with E-state index in [0.29, 0.717) is 18.0 Å². The number of aryl methyl sites for hydroxylation is 1. The first kappa shape index (κ1) is 12.9. The summed E-state index contributed by atoms with van der Waals surface area (Å²) in [5, 5.41) is 0. The van der Waals surface area contributed by atoms with Gasteiger partial charge < -0.3 is 9.30 Å². The molecule has 102 valence electrons. The van der Waals surface area contributed by atoms with Gasteiger partial charge in [0.05, 0.1) is 12.0 Å². The van der Waals surface area contributed by atoms with Gasteiger partial charge in [0.15, 0.2) is 5.65 Å². The fourth-order valence-corrected chi connectivity index (χ4v) is 2.94. The van der Waals surface area contributed by atoms with E-state index in [1.165, 1.54) is 0 Å². The lowest BCUT2D eigenvalue weighted by Crippen LogP contribution is -2.34. The number of hydrogen-bond donors (Lipinski definition) is 0. The number of alkyl halides is 1. The highest BCUT2D eigenvalue weighted by Crippen LogP contribution is 2.37. The van der Waals surface area contributed by atoms with Crippen molar-refractivity contribution in [2.75, 3.05) is 6.61 Å². The largest absolute Gasteiger partial charge is 0.378 e. The fourth-order valence-electron chi connectivity index (χ4n) is 2.75. The van der Waals surface area contributed by atoms with Crippen LogP contribution in [0.5, 0.6) is 0 Å². The van der Waals surface area contributed by atoms with Gasteiger partial charge in [-0.3, -0.25) is 0 Å². The molecule has 0 spiro atoms. The predicted octanol–water partition coefficient (Wildman–Crippen LogP) is 3.22. The molecule has 0 bridgehead atoms. The van der Waals surface area contributed by atoms with Crippen LogP contribution in [0.3, 0.4) is 0 Å². The Morgan fingerprint density at radius 1 is 1.47 bits per heavy atom. The molecule has 0 saturated heterocycles. The Balaban J connectivity index is 1.96. The summed E-state index contributed by atoms with van der Waals surface area (Å²) < 4.78 is 7.83. The Bertz CT molecular complexity index is 590. The van der Waals surface area contributed by atoms with Crippen LogP contribution >= 0.6 is 11.6 Å². The van der Waals surface area contributed by atoms with E-state index in [1.54, 1.807) is 0 Å². The van der Waals surface area contributed by atoms with E-state index in [2.05, 4.69) is 21.5 Å². The van der Waals surface area contributed by atoms with Crippen molar-refractivity contribution in [3.05, 3.63) is 23.7 Å². The summed E-state index contributed by atoms with van der Waals surface area (Å²) in [5.74, 6) is 1.34. The van der Waals surface area contributed by atoms with E-state index in [0.717, 1.165) is 42.0 Å². The molecular formula is C14H18ClN3O. The van der Waals surface area contributed by atoms with Crippen molar-refractivity contribution in [3.63, 3.8) is 0 Å². The third kappa shape index (κ3) is 2.13. The highest BCUT2D eigenvalue weighted by atomic mass is 35.5. The maximum Gasteiger partial charge on any atom is 0.160 e. The molecule has 2 aromatic rings. The van der Waals surface area contributed by atoms with Crippen LogP contribution in [-0.2, 0) is 10.6 Å². The summed E-state index contributed by atoms with van der Waals surface area (Å²) in [4.78, 5) is 9.12. The Labute approximate surface area is 117 Å². The van der Waals surface area contributed by atoms with Gasteiger partial charge >= 0.3 is 0 Å². The summed E-state index contributed by atoms with van der Waals surface area (Å²) >= 11 is 6.04. The van der Waals surface area contributed by atoms with Gasteiger partial charge in [-0.2, -0.15) is 0 Å². The molecule has 0 N–H and O–H groups in total. The number of ether oxygens (including phenoxy) is 1. The summed E-state index contributed by atoms with van der Waals surface area (Å²) in [6.07, 6.45) is 4.27. The van der Waals surface area contributed by atoms with E-state index >= 15 is 0 Å². The van der Waals surface area contributed by atoms with Crippen molar-refractivity contribution in [1.29, 1.82) is 0 Å². The van der Waals surface area contributed by atoms with Crippen LogP contribution in [0.2, 0.25) is 0 Å². The predicted molar refractivity (Wildman–Crippen MR) is 75.5 cm³/mol. The standard InChI is InChI=1S/C14H18ClN3O/c1-3-19-11-6-10(7-11)18-12(8-15)17-13-9(2)4-5-16-14(13)18/h4-5,10-11H,3,6-8H2,1-2H3. The quantitative estimate of drug-likeness (QED) is 0.807. The Hall–Kier alpha value is -1.13. The smallest absolute Gasteiger partial charge is 0.160 e. The van der Waals surface area contributed by atoms with E-state index in [4.69, 9.17) is 16.3 Å². The molecule has 0 radical (unpaired) electrons. The van der Waals surface area contributed by atoms with Crippen LogP contribution in [0.25, 0.3) is 11.2 Å². The molecule has 4 nitrogen and oxygen atoms in total. The highest BCUT2D eigenvalue weighted by molar-refractivity contribution is 6.16. The maximum absolute atomic E-state index is 6.04. The lowest BCUT2D eigenvalue weighted by molar-refractivity contribution is -0.0193. The van der Waals surface area contributed by atoms with Crippen molar-refractivity contribution in [3.8, 4) is 0 Å². The van der Waals surface area contributed by atoms with Crippen LogP contribution in [0.1, 0.15) is 37.2 Å². The third-order valence-corrected chi connectivity index (χ3v) is 4.05. The lowest BCUT2D eigenvalue weighted by atomic mass is 9.89. The molecule has 1 aliphatic carbocycles. The van der Waals surface area contributed by atoms with Gasteiger partial charge in [0, 0.05) is 18.8 Å². The summed E-state index contributed by atoms with van der Waals surface area (Å²) in [5.41, 5.74) is 3.07. The fraction of sp³-hybridized carbons (Fsp3) is 0.571. The van der Waals surface area contributed by atoms with Crippen LogP contribution < -0.4 is 0 Å². The Morgan fingerprint density at radius 2 is 2.26 bits per heavy atom. The van der Waals surface area contributed by atoms with Gasteiger partial charge in [0.2, 0.25) is 0 Å². The van der Waals surface area contributed by atoms with E-state index < -0.39 is 0 Å². The summed E-state index contributed by atoms with van der Waals surface area (Å²) in [6, 6.07) is 2.41.